The molecule has 2 aromatic rings. The quantitative estimate of drug-likeness (QED) is 0.917. The first-order valence-electron chi connectivity index (χ1n) is 5.55. The number of thiophene rings is 1. The van der Waals surface area contributed by atoms with Crippen LogP contribution in [0.1, 0.15) is 33.8 Å². The zero-order valence-corrected chi connectivity index (χ0v) is 10.7. The fraction of sp³-hybridized carbons (Fsp3) is 0.143. The van der Waals surface area contributed by atoms with Gasteiger partial charge in [0.15, 0.2) is 0 Å². The average molecular weight is 256 g/mol. The van der Waals surface area contributed by atoms with Crippen LogP contribution in [0.3, 0.4) is 0 Å². The van der Waals surface area contributed by atoms with E-state index in [2.05, 4.69) is 11.4 Å². The van der Waals surface area contributed by atoms with E-state index in [4.69, 9.17) is 5.26 Å². The molecule has 0 fully saturated rings. The van der Waals surface area contributed by atoms with Crippen LogP contribution >= 0.6 is 11.3 Å². The van der Waals surface area contributed by atoms with E-state index in [-0.39, 0.29) is 11.9 Å². The molecule has 0 aliphatic heterocycles. The second kappa shape index (κ2) is 5.48. The van der Waals surface area contributed by atoms with E-state index in [1.807, 2.05) is 30.5 Å². The first-order valence-corrected chi connectivity index (χ1v) is 6.43. The predicted molar refractivity (Wildman–Crippen MR) is 71.4 cm³/mol. The van der Waals surface area contributed by atoms with E-state index in [0.29, 0.717) is 10.4 Å². The minimum absolute atomic E-state index is 0.0677. The molecule has 1 heterocycles. The summed E-state index contributed by atoms with van der Waals surface area (Å²) in [7, 11) is 0. The van der Waals surface area contributed by atoms with E-state index < -0.39 is 0 Å². The molecule has 0 saturated heterocycles. The monoisotopic (exact) mass is 256 g/mol. The van der Waals surface area contributed by atoms with Crippen LogP contribution < -0.4 is 5.32 Å². The zero-order valence-electron chi connectivity index (χ0n) is 9.88. The Balaban J connectivity index is 2.05. The van der Waals surface area contributed by atoms with E-state index in [9.17, 15) is 4.79 Å². The first-order chi connectivity index (χ1) is 8.70. The van der Waals surface area contributed by atoms with Crippen molar-refractivity contribution >= 4 is 17.2 Å². The van der Waals surface area contributed by atoms with Crippen molar-refractivity contribution in [2.24, 2.45) is 0 Å². The summed E-state index contributed by atoms with van der Waals surface area (Å²) < 4.78 is 0. The second-order valence-corrected chi connectivity index (χ2v) is 4.85. The Morgan fingerprint density at radius 2 is 2.06 bits per heavy atom. The van der Waals surface area contributed by atoms with Crippen molar-refractivity contribution < 1.29 is 4.79 Å². The number of nitrogens with zero attached hydrogens (tertiary/aromatic N) is 1. The van der Waals surface area contributed by atoms with Gasteiger partial charge in [-0.15, -0.1) is 11.3 Å². The summed E-state index contributed by atoms with van der Waals surface area (Å²) in [5.74, 6) is -0.0677. The third kappa shape index (κ3) is 2.76. The molecule has 0 aliphatic rings. The minimum Gasteiger partial charge on any atom is -0.345 e. The molecule has 18 heavy (non-hydrogen) atoms. The predicted octanol–water partition coefficient (Wildman–Crippen LogP) is 3.11. The Morgan fingerprint density at radius 3 is 2.61 bits per heavy atom. The summed E-state index contributed by atoms with van der Waals surface area (Å²) in [5, 5.41) is 13.5. The normalized spacial score (nSPS) is 11.6. The summed E-state index contributed by atoms with van der Waals surface area (Å²) in [6.07, 6.45) is 0. The Kier molecular flexibility index (Phi) is 3.75. The number of carbonyl (C=O) groups excluding carboxylic acids is 1. The molecule has 0 aliphatic carbocycles. The highest BCUT2D eigenvalue weighted by molar-refractivity contribution is 7.12. The molecule has 0 radical (unpaired) electrons. The van der Waals surface area contributed by atoms with Gasteiger partial charge in [0.25, 0.3) is 5.91 Å². The van der Waals surface area contributed by atoms with Crippen LogP contribution in [0.5, 0.6) is 0 Å². The second-order valence-electron chi connectivity index (χ2n) is 3.91. The van der Waals surface area contributed by atoms with E-state index in [1.54, 1.807) is 18.2 Å². The summed E-state index contributed by atoms with van der Waals surface area (Å²) in [4.78, 5) is 12.6. The lowest BCUT2D eigenvalue weighted by Crippen LogP contribution is -2.25. The van der Waals surface area contributed by atoms with Gasteiger partial charge in [0.1, 0.15) is 0 Å². The van der Waals surface area contributed by atoms with Crippen molar-refractivity contribution in [3.8, 4) is 6.07 Å². The van der Waals surface area contributed by atoms with Crippen LogP contribution in [-0.4, -0.2) is 5.91 Å². The van der Waals surface area contributed by atoms with Gasteiger partial charge in [-0.2, -0.15) is 5.26 Å². The molecule has 90 valence electrons. The lowest BCUT2D eigenvalue weighted by Gasteiger charge is -2.13. The van der Waals surface area contributed by atoms with E-state index >= 15 is 0 Å². The number of hydrogen-bond acceptors (Lipinski definition) is 3. The van der Waals surface area contributed by atoms with Gasteiger partial charge in [0, 0.05) is 0 Å². The van der Waals surface area contributed by atoms with Gasteiger partial charge in [0.05, 0.1) is 22.6 Å². The third-order valence-corrected chi connectivity index (χ3v) is 3.50. The topological polar surface area (TPSA) is 52.9 Å². The fourth-order valence-corrected chi connectivity index (χ4v) is 2.23. The number of rotatable bonds is 3. The Bertz CT molecular complexity index is 567. The molecule has 1 aromatic heterocycles. The zero-order chi connectivity index (χ0) is 13.0. The van der Waals surface area contributed by atoms with Gasteiger partial charge >= 0.3 is 0 Å². The van der Waals surface area contributed by atoms with Gasteiger partial charge in [-0.05, 0) is 36.1 Å². The molecule has 2 rings (SSSR count). The first kappa shape index (κ1) is 12.3. The molecule has 1 amide bonds. The van der Waals surface area contributed by atoms with Crippen LogP contribution in [-0.2, 0) is 0 Å². The molecular weight excluding hydrogens is 244 g/mol. The van der Waals surface area contributed by atoms with Crippen molar-refractivity contribution in [1.29, 1.82) is 5.26 Å². The van der Waals surface area contributed by atoms with Crippen LogP contribution in [0.25, 0.3) is 0 Å². The van der Waals surface area contributed by atoms with E-state index in [1.165, 1.54) is 11.3 Å². The number of hydrogen-bond donors (Lipinski definition) is 1. The summed E-state index contributed by atoms with van der Waals surface area (Å²) >= 11 is 1.42. The molecule has 3 nitrogen and oxygen atoms in total. The Hall–Kier alpha value is -2.12. The van der Waals surface area contributed by atoms with Crippen molar-refractivity contribution in [2.45, 2.75) is 13.0 Å². The number of carbonyl (C=O) groups is 1. The maximum absolute atomic E-state index is 11.9. The number of nitriles is 1. The summed E-state index contributed by atoms with van der Waals surface area (Å²) in [5.41, 5.74) is 1.61. The summed E-state index contributed by atoms with van der Waals surface area (Å²) in [6.45, 7) is 1.92. The van der Waals surface area contributed by atoms with Gasteiger partial charge in [-0.3, -0.25) is 4.79 Å². The van der Waals surface area contributed by atoms with Crippen LogP contribution in [0.4, 0.5) is 0 Å². The van der Waals surface area contributed by atoms with Crippen molar-refractivity contribution in [3.63, 3.8) is 0 Å². The molecule has 0 bridgehead atoms. The van der Waals surface area contributed by atoms with Gasteiger partial charge < -0.3 is 5.32 Å². The third-order valence-electron chi connectivity index (χ3n) is 2.63. The van der Waals surface area contributed by atoms with Crippen molar-refractivity contribution in [3.05, 3.63) is 57.8 Å². The highest BCUT2D eigenvalue weighted by atomic mass is 32.1. The smallest absolute Gasteiger partial charge is 0.261 e. The highest BCUT2D eigenvalue weighted by Gasteiger charge is 2.11. The SMILES string of the molecule is CC(NC(=O)c1cccs1)c1ccc(C#N)cc1. The van der Waals surface area contributed by atoms with Gasteiger partial charge in [-0.1, -0.05) is 18.2 Å². The Morgan fingerprint density at radius 1 is 1.33 bits per heavy atom. The lowest BCUT2D eigenvalue weighted by atomic mass is 10.1. The standard InChI is InChI=1S/C14H12N2OS/c1-10(12-6-4-11(9-15)5-7-12)16-14(17)13-3-2-8-18-13/h2-8,10H,1H3,(H,16,17). The minimum atomic E-state index is -0.0765. The average Bonchev–Trinajstić information content (AvgIpc) is 2.92. The molecule has 1 unspecified atom stereocenters. The maximum Gasteiger partial charge on any atom is 0.261 e. The highest BCUT2D eigenvalue weighted by Crippen LogP contribution is 2.15. The van der Waals surface area contributed by atoms with Crippen LogP contribution in [0, 0.1) is 11.3 Å². The van der Waals surface area contributed by atoms with Crippen LogP contribution in [0.2, 0.25) is 0 Å². The fourth-order valence-electron chi connectivity index (χ4n) is 1.61. The summed E-state index contributed by atoms with van der Waals surface area (Å²) in [6, 6.07) is 12.9. The van der Waals surface area contributed by atoms with Crippen molar-refractivity contribution in [2.75, 3.05) is 0 Å². The molecule has 4 heteroatoms. The van der Waals surface area contributed by atoms with Crippen LogP contribution in [0.15, 0.2) is 41.8 Å². The number of nitrogens with one attached hydrogen (secondary N) is 1. The lowest BCUT2D eigenvalue weighted by molar-refractivity contribution is 0.0944. The van der Waals surface area contributed by atoms with Gasteiger partial charge in [-0.25, -0.2) is 0 Å². The number of benzene rings is 1. The molecule has 0 spiro atoms. The molecule has 1 N–H and O–H groups in total. The Labute approximate surface area is 110 Å². The largest absolute Gasteiger partial charge is 0.345 e. The molecule has 1 atom stereocenters. The molecule has 1 aromatic carbocycles. The number of amides is 1. The molecule has 0 saturated carbocycles. The van der Waals surface area contributed by atoms with E-state index in [0.717, 1.165) is 5.56 Å². The maximum atomic E-state index is 11.9. The van der Waals surface area contributed by atoms with Crippen molar-refractivity contribution in [1.82, 2.24) is 5.32 Å². The molecular formula is C14H12N2OS. The van der Waals surface area contributed by atoms with Gasteiger partial charge in [0.2, 0.25) is 0 Å².